The monoisotopic (exact) mass is 768 g/mol. The maximum atomic E-state index is 5.17. The molecule has 9 rings (SSSR count). The number of nitrogens with one attached hydrogen (secondary N) is 4. The number of nitrogens with zero attached hydrogens (tertiary/aromatic N) is 4. The fourth-order valence-electron chi connectivity index (χ4n) is 5.80. The maximum absolute atomic E-state index is 5.17. The Balaban J connectivity index is 1.52. The van der Waals surface area contributed by atoms with E-state index in [1.54, 1.807) is 0 Å². The van der Waals surface area contributed by atoms with Crippen LogP contribution in [0.4, 0.5) is 23.3 Å². The van der Waals surface area contributed by atoms with Gasteiger partial charge in [0, 0.05) is 50.2 Å². The number of fused-ring (bicyclic) bond motifs is 20. The Morgan fingerprint density at radius 1 is 0.381 bits per heavy atom. The molecule has 5 heterocycles. The number of halogens is 2. The molecule has 0 radical (unpaired) electrons. The second-order valence-electron chi connectivity index (χ2n) is 10.2. The van der Waals surface area contributed by atoms with Crippen molar-refractivity contribution in [3.8, 4) is 0 Å². The van der Waals surface area contributed by atoms with Crippen LogP contribution < -0.4 is 22.0 Å². The van der Waals surface area contributed by atoms with Gasteiger partial charge in [0.1, 0.15) is 45.2 Å². The van der Waals surface area contributed by atoms with Gasteiger partial charge in [0.25, 0.3) is 0 Å². The summed E-state index contributed by atoms with van der Waals surface area (Å²) in [6, 6.07) is 28.8. The van der Waals surface area contributed by atoms with E-state index in [4.69, 9.17) is 20.0 Å². The Morgan fingerprint density at radius 3 is 1.24 bits per heavy atom. The molecule has 0 saturated carbocycles. The highest BCUT2D eigenvalue weighted by molar-refractivity contribution is 14.1. The van der Waals surface area contributed by atoms with Crippen molar-refractivity contribution in [2.24, 2.45) is 20.0 Å². The molecular weight excluding hydrogens is 750 g/mol. The van der Waals surface area contributed by atoms with E-state index in [0.717, 1.165) is 95.5 Å². The maximum Gasteiger partial charge on any atom is 0.143 e. The predicted octanol–water partition coefficient (Wildman–Crippen LogP) is 6.94. The topological polar surface area (TPSA) is 113 Å². The summed E-state index contributed by atoms with van der Waals surface area (Å²) in [5, 5.41) is 7.96. The van der Waals surface area contributed by atoms with Crippen LogP contribution in [0.1, 0.15) is 0 Å². The van der Waals surface area contributed by atoms with Crippen molar-refractivity contribution in [3.63, 3.8) is 0 Å². The van der Waals surface area contributed by atoms with E-state index in [0.29, 0.717) is 0 Å². The lowest BCUT2D eigenvalue weighted by molar-refractivity contribution is 1.08. The molecule has 0 spiro atoms. The third-order valence-electron chi connectivity index (χ3n) is 7.74. The molecule has 0 atom stereocenters. The van der Waals surface area contributed by atoms with E-state index in [-0.39, 0.29) is 0 Å². The Kier molecular flexibility index (Phi) is 5.27. The summed E-state index contributed by atoms with van der Waals surface area (Å²) < 4.78 is 2.28. The second-order valence-corrected chi connectivity index (χ2v) is 12.4. The van der Waals surface area contributed by atoms with Gasteiger partial charge in [0.2, 0.25) is 0 Å². The van der Waals surface area contributed by atoms with Crippen LogP contribution in [0.2, 0.25) is 0 Å². The van der Waals surface area contributed by atoms with Gasteiger partial charge in [0.05, 0.1) is 0 Å². The number of rotatable bonds is 0. The van der Waals surface area contributed by atoms with Crippen LogP contribution in [0.3, 0.4) is 0 Å². The van der Waals surface area contributed by atoms with E-state index >= 15 is 0 Å². The van der Waals surface area contributed by atoms with Crippen molar-refractivity contribution in [1.29, 1.82) is 0 Å². The summed E-state index contributed by atoms with van der Waals surface area (Å²) in [7, 11) is 0. The summed E-state index contributed by atoms with van der Waals surface area (Å²) in [5.41, 5.74) is 2.92. The van der Waals surface area contributed by atoms with Crippen molar-refractivity contribution < 1.29 is 0 Å². The van der Waals surface area contributed by atoms with Gasteiger partial charge in [-0.25, -0.2) is 20.0 Å². The van der Waals surface area contributed by atoms with Crippen LogP contribution in [0.5, 0.6) is 0 Å². The molecule has 0 unspecified atom stereocenters. The van der Waals surface area contributed by atoms with E-state index in [9.17, 15) is 0 Å². The zero-order valence-electron chi connectivity index (χ0n) is 21.6. The number of H-pyrrole nitrogens is 4. The van der Waals surface area contributed by atoms with Crippen LogP contribution >= 0.6 is 45.2 Å². The summed E-state index contributed by atoms with van der Waals surface area (Å²) in [6.45, 7) is 0. The van der Waals surface area contributed by atoms with Crippen LogP contribution in [-0.4, -0.2) is 19.9 Å². The van der Waals surface area contributed by atoms with Gasteiger partial charge in [-0.3, -0.25) is 0 Å². The lowest BCUT2D eigenvalue weighted by atomic mass is 10.2. The molecule has 8 aromatic rings. The Bertz CT molecular complexity index is 2670. The minimum atomic E-state index is 0.729. The smallest absolute Gasteiger partial charge is 0.143 e. The molecule has 10 heteroatoms. The molecule has 0 saturated heterocycles. The number of hydrogen-bond donors (Lipinski definition) is 4. The van der Waals surface area contributed by atoms with E-state index in [2.05, 4.69) is 114 Å². The van der Waals surface area contributed by atoms with Crippen LogP contribution in [0.25, 0.3) is 43.1 Å². The first-order valence-electron chi connectivity index (χ1n) is 13.3. The first-order chi connectivity index (χ1) is 20.6. The fourth-order valence-corrected chi connectivity index (χ4v) is 6.97. The molecule has 0 fully saturated rings. The highest BCUT2D eigenvalue weighted by atomic mass is 127. The Labute approximate surface area is 263 Å². The third kappa shape index (κ3) is 3.57. The van der Waals surface area contributed by atoms with E-state index in [1.165, 1.54) is 0 Å². The predicted molar refractivity (Wildman–Crippen MR) is 182 cm³/mol. The minimum Gasteiger partial charge on any atom is -0.324 e. The lowest BCUT2D eigenvalue weighted by Crippen LogP contribution is -2.10. The van der Waals surface area contributed by atoms with Gasteiger partial charge in [-0.15, -0.1) is 0 Å². The summed E-state index contributed by atoms with van der Waals surface area (Å²) in [5.74, 6) is 2.93. The van der Waals surface area contributed by atoms with Crippen molar-refractivity contribution in [2.75, 3.05) is 0 Å². The van der Waals surface area contributed by atoms with Crippen LogP contribution in [-0.2, 0) is 0 Å². The average Bonchev–Trinajstić information content (AvgIpc) is 3.74. The number of benzene rings is 4. The van der Waals surface area contributed by atoms with Gasteiger partial charge in [-0.2, -0.15) is 0 Å². The highest BCUT2D eigenvalue weighted by Crippen LogP contribution is 2.39. The standard InChI is InChI=1S/C32H18I2N8/c33-22-14-13-21-23(24(22)34)32-41-30-20-12-6-5-11-19(20)28(39-30)37-26-16-8-2-1-7-15(16)25(35-26)36-27-17-9-3-4-10-18(17)29(38-27)40-31(21)42-32/h1-14H,(H4,35,36,37,38,39,40,41,42). The quantitative estimate of drug-likeness (QED) is 0.120. The van der Waals surface area contributed by atoms with Gasteiger partial charge >= 0.3 is 0 Å². The molecule has 4 aromatic heterocycles. The number of aromatic amines is 4. The fraction of sp³-hybridized carbons (Fsp3) is 0. The van der Waals surface area contributed by atoms with Crippen molar-refractivity contribution in [3.05, 3.63) is 114 Å². The van der Waals surface area contributed by atoms with Gasteiger partial charge in [0.15, 0.2) is 0 Å². The molecule has 1 aliphatic heterocycles. The highest BCUT2D eigenvalue weighted by Gasteiger charge is 2.17. The second kappa shape index (κ2) is 9.10. The van der Waals surface area contributed by atoms with E-state index < -0.39 is 0 Å². The summed E-state index contributed by atoms with van der Waals surface area (Å²) in [4.78, 5) is 34.6. The Hall–Kier alpha value is -4.30. The first kappa shape index (κ1) is 24.3. The molecule has 8 bridgehead atoms. The molecule has 42 heavy (non-hydrogen) atoms. The summed E-state index contributed by atoms with van der Waals surface area (Å²) in [6.07, 6.45) is 0. The molecule has 4 N–H and O–H groups in total. The van der Waals surface area contributed by atoms with Crippen LogP contribution in [0, 0.1) is 7.14 Å². The van der Waals surface area contributed by atoms with Crippen molar-refractivity contribution >= 4 is 112 Å². The average molecular weight is 768 g/mol. The van der Waals surface area contributed by atoms with Crippen molar-refractivity contribution in [1.82, 2.24) is 19.9 Å². The van der Waals surface area contributed by atoms with Gasteiger partial charge in [-0.05, 0) is 57.3 Å². The molecule has 200 valence electrons. The minimum absolute atomic E-state index is 0.729. The molecular formula is C32H18I2N8. The largest absolute Gasteiger partial charge is 0.324 e. The van der Waals surface area contributed by atoms with Gasteiger partial charge < -0.3 is 19.9 Å². The normalized spacial score (nSPS) is 12.8. The first-order valence-corrected chi connectivity index (χ1v) is 15.5. The third-order valence-corrected chi connectivity index (χ3v) is 10.8. The zero-order chi connectivity index (χ0) is 27.9. The lowest BCUT2D eigenvalue weighted by Gasteiger charge is -1.99. The SMILES string of the molecule is Ic1ccc2c3[nH]c(c2c1I)N=c1[nH]c(c2ccccc12)=Nc1[nH]c(c2ccccc12)N=c1[nH]c(c2ccccc12)=N3. The van der Waals surface area contributed by atoms with E-state index in [1.807, 2.05) is 36.4 Å². The molecule has 0 aliphatic carbocycles. The molecule has 0 amide bonds. The number of hydrogen-bond acceptors (Lipinski definition) is 4. The zero-order valence-corrected chi connectivity index (χ0v) is 25.9. The molecule has 8 nitrogen and oxygen atoms in total. The van der Waals surface area contributed by atoms with Gasteiger partial charge in [-0.1, -0.05) is 72.8 Å². The molecule has 1 aliphatic rings. The number of aromatic nitrogens is 4. The Morgan fingerprint density at radius 2 is 0.762 bits per heavy atom. The van der Waals surface area contributed by atoms with Crippen LogP contribution in [0.15, 0.2) is 105 Å². The summed E-state index contributed by atoms with van der Waals surface area (Å²) >= 11 is 4.78. The van der Waals surface area contributed by atoms with Crippen molar-refractivity contribution in [2.45, 2.75) is 0 Å². The molecule has 4 aromatic carbocycles.